The number of anilines is 1. The van der Waals surface area contributed by atoms with Crippen molar-refractivity contribution in [3.05, 3.63) is 11.3 Å². The Bertz CT molecular complexity index is 442. The second kappa shape index (κ2) is 5.78. The predicted molar refractivity (Wildman–Crippen MR) is 76.2 cm³/mol. The molecule has 2 rings (SSSR count). The van der Waals surface area contributed by atoms with E-state index in [2.05, 4.69) is 30.5 Å². The molecule has 1 N–H and O–H groups in total. The van der Waals surface area contributed by atoms with Crippen LogP contribution in [0.4, 0.5) is 5.82 Å². The van der Waals surface area contributed by atoms with Crippen molar-refractivity contribution in [3.8, 4) is 0 Å². The molecule has 4 nitrogen and oxygen atoms in total. The Morgan fingerprint density at radius 3 is 3.00 bits per heavy atom. The number of carbonyl (C=O) groups excluding carboxylic acids is 1. The van der Waals surface area contributed by atoms with Gasteiger partial charge < -0.3 is 5.32 Å². The van der Waals surface area contributed by atoms with Gasteiger partial charge in [-0.15, -0.1) is 0 Å². The molecule has 1 aromatic heterocycles. The summed E-state index contributed by atoms with van der Waals surface area (Å²) in [6.45, 7) is 5.18. The van der Waals surface area contributed by atoms with E-state index in [1.807, 2.05) is 16.4 Å². The summed E-state index contributed by atoms with van der Waals surface area (Å²) in [7, 11) is 0. The van der Waals surface area contributed by atoms with Crippen LogP contribution in [0.15, 0.2) is 0 Å². The molecule has 1 amide bonds. The Kier molecular flexibility index (Phi) is 4.32. The predicted octanol–water partition coefficient (Wildman–Crippen LogP) is 2.78. The van der Waals surface area contributed by atoms with E-state index in [1.165, 1.54) is 11.3 Å². The number of hydrogen-bond acceptors (Lipinski definition) is 3. The molecule has 0 bridgehead atoms. The Morgan fingerprint density at radius 2 is 2.33 bits per heavy atom. The zero-order valence-corrected chi connectivity index (χ0v) is 12.1. The van der Waals surface area contributed by atoms with Crippen molar-refractivity contribution >= 4 is 23.5 Å². The van der Waals surface area contributed by atoms with Crippen LogP contribution < -0.4 is 5.32 Å². The lowest BCUT2D eigenvalue weighted by atomic mass is 9.90. The summed E-state index contributed by atoms with van der Waals surface area (Å²) < 4.78 is 2.03. The number of fused-ring (bicyclic) bond motifs is 1. The van der Waals surface area contributed by atoms with Gasteiger partial charge in [0.25, 0.3) is 0 Å². The van der Waals surface area contributed by atoms with Gasteiger partial charge in [-0.2, -0.15) is 16.9 Å². The van der Waals surface area contributed by atoms with Gasteiger partial charge in [0.1, 0.15) is 0 Å². The number of amides is 1. The van der Waals surface area contributed by atoms with Crippen LogP contribution in [0.2, 0.25) is 0 Å². The van der Waals surface area contributed by atoms with Crippen molar-refractivity contribution in [1.29, 1.82) is 0 Å². The number of nitrogens with zero attached hydrogens (tertiary/aromatic N) is 2. The summed E-state index contributed by atoms with van der Waals surface area (Å²) in [6, 6.07) is 0. The van der Waals surface area contributed by atoms with Crippen LogP contribution in [-0.4, -0.2) is 27.7 Å². The quantitative estimate of drug-likeness (QED) is 0.892. The van der Waals surface area contributed by atoms with Gasteiger partial charge in [0, 0.05) is 24.2 Å². The number of hydrogen-bond donors (Lipinski definition) is 1. The molecule has 1 atom stereocenters. The van der Waals surface area contributed by atoms with Crippen LogP contribution in [0.3, 0.4) is 0 Å². The van der Waals surface area contributed by atoms with Crippen LogP contribution in [0.5, 0.6) is 0 Å². The fourth-order valence-corrected chi connectivity index (χ4v) is 3.11. The van der Waals surface area contributed by atoms with Crippen molar-refractivity contribution in [2.75, 3.05) is 17.3 Å². The second-order valence-electron chi connectivity index (χ2n) is 4.80. The number of rotatable bonds is 5. The van der Waals surface area contributed by atoms with Gasteiger partial charge in [0.2, 0.25) is 5.91 Å². The van der Waals surface area contributed by atoms with Crippen molar-refractivity contribution in [2.45, 2.75) is 45.6 Å². The normalized spacial score (nSPS) is 18.6. The highest BCUT2D eigenvalue weighted by atomic mass is 32.2. The summed E-state index contributed by atoms with van der Waals surface area (Å²) in [6.07, 6.45) is 4.83. The van der Waals surface area contributed by atoms with E-state index in [0.717, 1.165) is 31.0 Å². The fraction of sp³-hybridized carbons (Fsp3) is 0.692. The molecule has 18 heavy (non-hydrogen) atoms. The first-order valence-electron chi connectivity index (χ1n) is 6.53. The second-order valence-corrected chi connectivity index (χ2v) is 5.79. The van der Waals surface area contributed by atoms with E-state index >= 15 is 0 Å². The van der Waals surface area contributed by atoms with Gasteiger partial charge in [0.15, 0.2) is 5.82 Å². The molecule has 2 heterocycles. The number of carbonyl (C=O) groups is 1. The lowest BCUT2D eigenvalue weighted by Gasteiger charge is -2.22. The van der Waals surface area contributed by atoms with E-state index in [9.17, 15) is 4.79 Å². The fourth-order valence-electron chi connectivity index (χ4n) is 2.59. The van der Waals surface area contributed by atoms with Crippen molar-refractivity contribution in [1.82, 2.24) is 9.78 Å². The standard InChI is InChI=1S/C13H21N3OS/c1-4-6-16-9(2)12-10(5-7-18-3)8-11(17)14-13(12)15-16/h10H,4-8H2,1-3H3,(H,14,15,17). The molecule has 0 radical (unpaired) electrons. The monoisotopic (exact) mass is 267 g/mol. The first kappa shape index (κ1) is 13.5. The van der Waals surface area contributed by atoms with Gasteiger partial charge in [-0.1, -0.05) is 6.92 Å². The lowest BCUT2D eigenvalue weighted by molar-refractivity contribution is -0.116. The van der Waals surface area contributed by atoms with Crippen LogP contribution in [-0.2, 0) is 11.3 Å². The summed E-state index contributed by atoms with van der Waals surface area (Å²) >= 11 is 1.84. The Hall–Kier alpha value is -0.970. The molecule has 0 aromatic carbocycles. The van der Waals surface area contributed by atoms with Crippen LogP contribution in [0.25, 0.3) is 0 Å². The number of thioether (sulfide) groups is 1. The van der Waals surface area contributed by atoms with E-state index in [1.54, 1.807) is 0 Å². The minimum Gasteiger partial charge on any atom is -0.309 e. The highest BCUT2D eigenvalue weighted by Crippen LogP contribution is 2.36. The minimum atomic E-state index is 0.106. The maximum absolute atomic E-state index is 11.7. The van der Waals surface area contributed by atoms with Gasteiger partial charge in [-0.3, -0.25) is 9.48 Å². The molecule has 1 aliphatic heterocycles. The van der Waals surface area contributed by atoms with Gasteiger partial charge in [-0.05, 0) is 37.7 Å². The molecule has 0 saturated carbocycles. The van der Waals surface area contributed by atoms with E-state index in [-0.39, 0.29) is 5.91 Å². The molecule has 5 heteroatoms. The molecule has 0 aliphatic carbocycles. The number of aryl methyl sites for hydroxylation is 1. The average molecular weight is 267 g/mol. The lowest BCUT2D eigenvalue weighted by Crippen LogP contribution is -2.23. The van der Waals surface area contributed by atoms with Crippen LogP contribution >= 0.6 is 11.8 Å². The molecule has 1 unspecified atom stereocenters. The van der Waals surface area contributed by atoms with E-state index in [4.69, 9.17) is 0 Å². The largest absolute Gasteiger partial charge is 0.309 e. The molecule has 0 spiro atoms. The zero-order chi connectivity index (χ0) is 13.1. The van der Waals surface area contributed by atoms with Crippen LogP contribution in [0.1, 0.15) is 43.4 Å². The highest BCUT2D eigenvalue weighted by Gasteiger charge is 2.30. The molecular weight excluding hydrogens is 246 g/mol. The highest BCUT2D eigenvalue weighted by molar-refractivity contribution is 7.98. The summed E-state index contributed by atoms with van der Waals surface area (Å²) in [5, 5.41) is 7.43. The van der Waals surface area contributed by atoms with Gasteiger partial charge >= 0.3 is 0 Å². The smallest absolute Gasteiger partial charge is 0.226 e. The molecule has 1 aliphatic rings. The van der Waals surface area contributed by atoms with Gasteiger partial charge in [0.05, 0.1) is 0 Å². The number of nitrogens with one attached hydrogen (secondary N) is 1. The summed E-state index contributed by atoms with van der Waals surface area (Å²) in [5.74, 6) is 2.33. The molecule has 1 aromatic rings. The Labute approximate surface area is 113 Å². The maximum atomic E-state index is 11.7. The molecular formula is C13H21N3OS. The van der Waals surface area contributed by atoms with Crippen molar-refractivity contribution in [2.24, 2.45) is 0 Å². The average Bonchev–Trinajstić information content (AvgIpc) is 2.64. The SMILES string of the molecule is CCCn1nc2c(c1C)C(CCSC)CC(=O)N2. The van der Waals surface area contributed by atoms with Crippen molar-refractivity contribution < 1.29 is 4.79 Å². The zero-order valence-electron chi connectivity index (χ0n) is 11.3. The number of aromatic nitrogens is 2. The third-order valence-corrected chi connectivity index (χ3v) is 4.10. The first-order chi connectivity index (χ1) is 8.67. The first-order valence-corrected chi connectivity index (χ1v) is 7.92. The molecule has 0 fully saturated rings. The van der Waals surface area contributed by atoms with Gasteiger partial charge in [-0.25, -0.2) is 0 Å². The molecule has 0 saturated heterocycles. The van der Waals surface area contributed by atoms with Crippen molar-refractivity contribution in [3.63, 3.8) is 0 Å². The Morgan fingerprint density at radius 1 is 1.56 bits per heavy atom. The molecule has 100 valence electrons. The minimum absolute atomic E-state index is 0.106. The maximum Gasteiger partial charge on any atom is 0.226 e. The Balaban J connectivity index is 2.30. The third kappa shape index (κ3) is 2.55. The van der Waals surface area contributed by atoms with Crippen LogP contribution in [0, 0.1) is 6.92 Å². The van der Waals surface area contributed by atoms with E-state index < -0.39 is 0 Å². The third-order valence-electron chi connectivity index (χ3n) is 3.46. The summed E-state index contributed by atoms with van der Waals surface area (Å²) in [5.41, 5.74) is 2.48. The summed E-state index contributed by atoms with van der Waals surface area (Å²) in [4.78, 5) is 11.7. The topological polar surface area (TPSA) is 46.9 Å². The van der Waals surface area contributed by atoms with E-state index in [0.29, 0.717) is 12.3 Å².